The molecule has 1 heterocycles. The molecular weight excluding hydrogens is 268 g/mol. The normalized spacial score (nSPS) is 21.9. The minimum Gasteiger partial charge on any atom is -0.378 e. The summed E-state index contributed by atoms with van der Waals surface area (Å²) in [5.74, 6) is 0.618. The van der Waals surface area contributed by atoms with Crippen LogP contribution in [0.4, 0.5) is 0 Å². The molecule has 1 aliphatic heterocycles. The second-order valence-corrected chi connectivity index (χ2v) is 6.92. The predicted molar refractivity (Wildman–Crippen MR) is 95.5 cm³/mol. The molecule has 0 amide bonds. The van der Waals surface area contributed by atoms with Crippen molar-refractivity contribution in [1.82, 2.24) is 0 Å². The lowest BCUT2D eigenvalue weighted by molar-refractivity contribution is -0.00212. The maximum Gasteiger partial charge on any atom is 0.0575 e. The van der Waals surface area contributed by atoms with E-state index in [9.17, 15) is 0 Å². The Balaban J connectivity index is 1.72. The van der Waals surface area contributed by atoms with Gasteiger partial charge in [0.05, 0.1) is 12.7 Å². The molecule has 0 saturated carbocycles. The fourth-order valence-electron chi connectivity index (χ4n) is 3.43. The third-order valence-electron chi connectivity index (χ3n) is 5.02. The van der Waals surface area contributed by atoms with Crippen LogP contribution in [0.3, 0.4) is 0 Å². The summed E-state index contributed by atoms with van der Waals surface area (Å²) < 4.78 is 6.12. The molecule has 0 radical (unpaired) electrons. The fourth-order valence-corrected chi connectivity index (χ4v) is 3.43. The Morgan fingerprint density at radius 2 is 1.68 bits per heavy atom. The van der Waals surface area contributed by atoms with E-state index in [-0.39, 0.29) is 0 Å². The van der Waals surface area contributed by atoms with Gasteiger partial charge in [0.1, 0.15) is 0 Å². The number of aryl methyl sites for hydroxylation is 1. The van der Waals surface area contributed by atoms with E-state index in [1.165, 1.54) is 75.3 Å². The highest BCUT2D eigenvalue weighted by atomic mass is 16.5. The van der Waals surface area contributed by atoms with E-state index < -0.39 is 0 Å². The Bertz CT molecular complexity index is 387. The van der Waals surface area contributed by atoms with Crippen molar-refractivity contribution < 1.29 is 4.74 Å². The lowest BCUT2D eigenvalue weighted by Crippen LogP contribution is -2.24. The molecule has 0 aromatic heterocycles. The van der Waals surface area contributed by atoms with Gasteiger partial charge in [0, 0.05) is 5.92 Å². The number of hydrogen-bond donors (Lipinski definition) is 0. The average Bonchev–Trinajstić information content (AvgIpc) is 2.58. The number of rotatable bonds is 9. The molecule has 2 unspecified atom stereocenters. The summed E-state index contributed by atoms with van der Waals surface area (Å²) in [6.45, 7) is 5.45. The molecule has 0 spiro atoms. The highest BCUT2D eigenvalue weighted by molar-refractivity contribution is 5.26. The van der Waals surface area contributed by atoms with Crippen molar-refractivity contribution >= 4 is 0 Å². The van der Waals surface area contributed by atoms with Gasteiger partial charge in [-0.25, -0.2) is 0 Å². The van der Waals surface area contributed by atoms with Gasteiger partial charge in [-0.15, -0.1) is 0 Å². The van der Waals surface area contributed by atoms with Gasteiger partial charge in [-0.05, 0) is 43.2 Å². The van der Waals surface area contributed by atoms with Gasteiger partial charge in [0.2, 0.25) is 0 Å². The molecule has 1 aliphatic rings. The smallest absolute Gasteiger partial charge is 0.0575 e. The summed E-state index contributed by atoms with van der Waals surface area (Å²) in [7, 11) is 0. The van der Waals surface area contributed by atoms with Crippen LogP contribution in [0.2, 0.25) is 0 Å². The highest BCUT2D eigenvalue weighted by Gasteiger charge is 2.22. The van der Waals surface area contributed by atoms with Gasteiger partial charge < -0.3 is 4.74 Å². The van der Waals surface area contributed by atoms with E-state index in [0.29, 0.717) is 12.0 Å². The lowest BCUT2D eigenvalue weighted by atomic mass is 9.89. The SMILES string of the molecule is CCCCCCC1CCC(c2ccc(CCCC)cc2)CO1. The molecule has 2 rings (SSSR count). The molecule has 1 saturated heterocycles. The van der Waals surface area contributed by atoms with Crippen LogP contribution in [0.1, 0.15) is 88.7 Å². The van der Waals surface area contributed by atoms with Gasteiger partial charge in [-0.1, -0.05) is 70.2 Å². The summed E-state index contributed by atoms with van der Waals surface area (Å²) in [5.41, 5.74) is 2.96. The first-order valence-corrected chi connectivity index (χ1v) is 9.54. The molecule has 1 aromatic rings. The summed E-state index contributed by atoms with van der Waals surface area (Å²) in [6.07, 6.45) is 13.5. The molecule has 1 heteroatoms. The van der Waals surface area contributed by atoms with Gasteiger partial charge >= 0.3 is 0 Å². The second-order valence-electron chi connectivity index (χ2n) is 6.92. The Morgan fingerprint density at radius 1 is 0.909 bits per heavy atom. The van der Waals surface area contributed by atoms with E-state index in [1.54, 1.807) is 0 Å². The Hall–Kier alpha value is -0.820. The van der Waals surface area contributed by atoms with Crippen molar-refractivity contribution in [2.75, 3.05) is 6.61 Å². The molecule has 0 N–H and O–H groups in total. The van der Waals surface area contributed by atoms with Crippen molar-refractivity contribution in [1.29, 1.82) is 0 Å². The zero-order valence-corrected chi connectivity index (χ0v) is 14.7. The minimum absolute atomic E-state index is 0.525. The van der Waals surface area contributed by atoms with Crippen molar-refractivity contribution in [2.45, 2.75) is 90.1 Å². The molecule has 1 aromatic carbocycles. The minimum atomic E-state index is 0.525. The Morgan fingerprint density at radius 3 is 2.32 bits per heavy atom. The molecule has 1 fully saturated rings. The highest BCUT2D eigenvalue weighted by Crippen LogP contribution is 2.30. The van der Waals surface area contributed by atoms with Crippen LogP contribution < -0.4 is 0 Å². The summed E-state index contributed by atoms with van der Waals surface area (Å²) >= 11 is 0. The van der Waals surface area contributed by atoms with Crippen molar-refractivity contribution in [3.63, 3.8) is 0 Å². The molecule has 2 atom stereocenters. The van der Waals surface area contributed by atoms with E-state index in [1.807, 2.05) is 0 Å². The monoisotopic (exact) mass is 302 g/mol. The molecule has 0 aliphatic carbocycles. The van der Waals surface area contributed by atoms with Gasteiger partial charge in [-0.2, -0.15) is 0 Å². The second kappa shape index (κ2) is 10.0. The Labute approximate surface area is 137 Å². The molecular formula is C21H34O. The van der Waals surface area contributed by atoms with Crippen LogP contribution in [0.25, 0.3) is 0 Å². The first kappa shape index (κ1) is 17.5. The van der Waals surface area contributed by atoms with Crippen molar-refractivity contribution in [2.24, 2.45) is 0 Å². The molecule has 1 nitrogen and oxygen atoms in total. The van der Waals surface area contributed by atoms with E-state index >= 15 is 0 Å². The van der Waals surface area contributed by atoms with Crippen LogP contribution in [-0.2, 0) is 11.2 Å². The number of ether oxygens (including phenoxy) is 1. The fraction of sp³-hybridized carbons (Fsp3) is 0.714. The first-order chi connectivity index (χ1) is 10.8. The largest absolute Gasteiger partial charge is 0.378 e. The van der Waals surface area contributed by atoms with Crippen LogP contribution in [-0.4, -0.2) is 12.7 Å². The third-order valence-corrected chi connectivity index (χ3v) is 5.02. The quantitative estimate of drug-likeness (QED) is 0.489. The van der Waals surface area contributed by atoms with Crippen LogP contribution >= 0.6 is 0 Å². The van der Waals surface area contributed by atoms with E-state index in [4.69, 9.17) is 4.74 Å². The first-order valence-electron chi connectivity index (χ1n) is 9.54. The van der Waals surface area contributed by atoms with E-state index in [0.717, 1.165) is 6.61 Å². The maximum absolute atomic E-state index is 6.12. The summed E-state index contributed by atoms with van der Waals surface area (Å²) in [4.78, 5) is 0. The van der Waals surface area contributed by atoms with Crippen LogP contribution in [0.15, 0.2) is 24.3 Å². The average molecular weight is 303 g/mol. The Kier molecular flexibility index (Phi) is 8.01. The number of benzene rings is 1. The van der Waals surface area contributed by atoms with Crippen molar-refractivity contribution in [3.05, 3.63) is 35.4 Å². The third kappa shape index (κ3) is 5.76. The van der Waals surface area contributed by atoms with Gasteiger partial charge in [-0.3, -0.25) is 0 Å². The molecule has 22 heavy (non-hydrogen) atoms. The van der Waals surface area contributed by atoms with Crippen LogP contribution in [0.5, 0.6) is 0 Å². The standard InChI is InChI=1S/C21H34O/c1-3-5-7-8-10-21-16-15-20(17-22-21)19-13-11-18(12-14-19)9-6-4-2/h11-14,20-21H,3-10,15-17H2,1-2H3. The predicted octanol–water partition coefficient (Wildman–Crippen LogP) is 6.26. The molecule has 0 bridgehead atoms. The number of unbranched alkanes of at least 4 members (excludes halogenated alkanes) is 4. The molecule has 124 valence electrons. The topological polar surface area (TPSA) is 9.23 Å². The lowest BCUT2D eigenvalue weighted by Gasteiger charge is -2.29. The van der Waals surface area contributed by atoms with Gasteiger partial charge in [0.15, 0.2) is 0 Å². The number of hydrogen-bond acceptors (Lipinski definition) is 1. The van der Waals surface area contributed by atoms with Gasteiger partial charge in [0.25, 0.3) is 0 Å². The van der Waals surface area contributed by atoms with Crippen molar-refractivity contribution in [3.8, 4) is 0 Å². The zero-order valence-electron chi connectivity index (χ0n) is 14.7. The maximum atomic E-state index is 6.12. The summed E-state index contributed by atoms with van der Waals surface area (Å²) in [6, 6.07) is 9.31. The summed E-state index contributed by atoms with van der Waals surface area (Å²) in [5, 5.41) is 0. The zero-order chi connectivity index (χ0) is 15.6. The van der Waals surface area contributed by atoms with E-state index in [2.05, 4.69) is 38.1 Å². The van der Waals surface area contributed by atoms with Crippen LogP contribution in [0, 0.1) is 0 Å².